The molecule has 0 saturated carbocycles. The van der Waals surface area contributed by atoms with Gasteiger partial charge in [-0.25, -0.2) is 0 Å². The molecule has 0 fully saturated rings. The molecule has 0 radical (unpaired) electrons. The Kier molecular flexibility index (Phi) is 12.6. The van der Waals surface area contributed by atoms with E-state index in [0.717, 1.165) is 166 Å². The van der Waals surface area contributed by atoms with Crippen molar-refractivity contribution in [3.05, 3.63) is 344 Å². The first-order valence-corrected chi connectivity index (χ1v) is 37.3. The van der Waals surface area contributed by atoms with E-state index in [2.05, 4.69) is 350 Å². The van der Waals surface area contributed by atoms with Gasteiger partial charge >= 0.3 is 0 Å². The third-order valence-corrected chi connectivity index (χ3v) is 22.7. The van der Waals surface area contributed by atoms with Gasteiger partial charge < -0.3 is 18.8 Å². The van der Waals surface area contributed by atoms with Crippen LogP contribution in [-0.2, 0) is 16.2 Å². The molecular formula is C102H81BN4. The van der Waals surface area contributed by atoms with Crippen molar-refractivity contribution >= 4 is 139 Å². The molecule has 4 nitrogen and oxygen atoms in total. The van der Waals surface area contributed by atoms with Crippen LogP contribution in [0.2, 0.25) is 0 Å². The van der Waals surface area contributed by atoms with Crippen molar-refractivity contribution in [2.24, 2.45) is 0 Å². The van der Waals surface area contributed by atoms with E-state index in [-0.39, 0.29) is 44.7 Å². The van der Waals surface area contributed by atoms with Crippen LogP contribution in [-0.4, -0.2) is 15.7 Å². The van der Waals surface area contributed by atoms with E-state index >= 15 is 0 Å². The number of rotatable bonds is 7. The second-order valence-corrected chi connectivity index (χ2v) is 32.2. The van der Waals surface area contributed by atoms with Gasteiger partial charge in [0.05, 0.1) is 49.9 Å². The van der Waals surface area contributed by atoms with Crippen LogP contribution in [0, 0.1) is 0 Å². The maximum absolute atomic E-state index is 9.98. The first-order chi connectivity index (χ1) is 55.3. The van der Waals surface area contributed by atoms with Crippen LogP contribution < -0.4 is 26.2 Å². The van der Waals surface area contributed by atoms with Gasteiger partial charge in [0, 0.05) is 83.0 Å². The molecule has 107 heavy (non-hydrogen) atoms. The van der Waals surface area contributed by atoms with E-state index in [9.17, 15) is 11.0 Å². The Bertz CT molecular complexity index is 7060. The van der Waals surface area contributed by atoms with Crippen molar-refractivity contribution in [2.45, 2.75) is 78.6 Å². The molecule has 0 amide bonds. The molecule has 512 valence electrons. The molecule has 18 aromatic rings. The maximum Gasteiger partial charge on any atom is 0.252 e. The second-order valence-electron chi connectivity index (χ2n) is 32.2. The molecule has 2 aliphatic rings. The largest absolute Gasteiger partial charge is 0.310 e. The molecule has 5 heteroatoms. The summed E-state index contributed by atoms with van der Waals surface area (Å²) in [6.07, 6.45) is 0. The van der Waals surface area contributed by atoms with Crippen LogP contribution in [0.25, 0.3) is 132 Å². The summed E-state index contributed by atoms with van der Waals surface area (Å²) in [6, 6.07) is 99.1. The Morgan fingerprint density at radius 1 is 0.280 bits per heavy atom. The lowest BCUT2D eigenvalue weighted by atomic mass is 9.33. The van der Waals surface area contributed by atoms with E-state index in [1.54, 1.807) is 4.57 Å². The minimum absolute atomic E-state index is 0.00928. The number of hydrogen-bond donors (Lipinski definition) is 0. The zero-order chi connectivity index (χ0) is 79.3. The maximum atomic E-state index is 9.98. The van der Waals surface area contributed by atoms with Crippen LogP contribution in [0.5, 0.6) is 0 Å². The third-order valence-electron chi connectivity index (χ3n) is 22.7. The monoisotopic (exact) mass is 1380 g/mol. The van der Waals surface area contributed by atoms with Gasteiger partial charge in [-0.2, -0.15) is 0 Å². The molecule has 0 spiro atoms. The molecule has 0 unspecified atom stereocenters. The van der Waals surface area contributed by atoms with Crippen molar-refractivity contribution in [2.75, 3.05) is 9.80 Å². The van der Waals surface area contributed by atoms with Gasteiger partial charge in [0.25, 0.3) is 6.71 Å². The van der Waals surface area contributed by atoms with Crippen molar-refractivity contribution in [1.29, 1.82) is 0 Å². The van der Waals surface area contributed by atoms with Crippen molar-refractivity contribution < 1.29 is 11.0 Å². The van der Waals surface area contributed by atoms with Crippen LogP contribution in [0.3, 0.4) is 0 Å². The fourth-order valence-electron chi connectivity index (χ4n) is 17.5. The number of para-hydroxylation sites is 4. The van der Waals surface area contributed by atoms with Crippen LogP contribution in [0.4, 0.5) is 34.1 Å². The molecule has 0 aliphatic carbocycles. The Balaban J connectivity index is 1.06. The highest BCUT2D eigenvalue weighted by molar-refractivity contribution is 7.00. The Labute approximate surface area is 637 Å². The molecule has 2 aliphatic heterocycles. The number of anilines is 6. The minimum atomic E-state index is -0.576. The van der Waals surface area contributed by atoms with Crippen molar-refractivity contribution in [3.63, 3.8) is 0 Å². The molecule has 3 aromatic heterocycles. The summed E-state index contributed by atoms with van der Waals surface area (Å²) < 4.78 is 80.7. The highest BCUT2D eigenvalue weighted by atomic mass is 15.2. The van der Waals surface area contributed by atoms with Crippen molar-refractivity contribution in [3.8, 4) is 50.2 Å². The molecule has 0 saturated heterocycles. The summed E-state index contributed by atoms with van der Waals surface area (Å²) in [7, 11) is 0. The van der Waals surface area contributed by atoms with E-state index in [1.807, 2.05) is 6.07 Å². The van der Waals surface area contributed by atoms with Crippen LogP contribution in [0.15, 0.2) is 327 Å². The quantitative estimate of drug-likeness (QED) is 0.148. The Morgan fingerprint density at radius 3 is 1.11 bits per heavy atom. The summed E-state index contributed by atoms with van der Waals surface area (Å²) in [5.41, 5.74) is 22.6. The van der Waals surface area contributed by atoms with Crippen LogP contribution in [0.1, 0.15) is 90.0 Å². The second kappa shape index (κ2) is 24.1. The molecule has 20 rings (SSSR count). The first-order valence-electron chi connectivity index (χ1n) is 41.3. The number of fused-ring (bicyclic) bond motifs is 17. The fourth-order valence-corrected chi connectivity index (χ4v) is 17.5. The van der Waals surface area contributed by atoms with Gasteiger partial charge in [-0.05, 0) is 166 Å². The average molecular weight is 1380 g/mol. The standard InChI is InChI=1S/C102H81BN4/c1-100(2,3)68-55-81(64-33-14-10-15-34-64)98(82(56-68)65-35-16-11-17-36-65)106-92-61-71(104-88-50-29-26-45-76(88)77-46-27-30-51-89(77)104)53-54-86(92)103-87-62-85-75-44-25-23-42-73(75)72-41-22-24-43-74(72)79-48-32-49-80-78-47-28-31-52-90(78)105(97(79)80)91(85)63-93(87)107(95-60-70(102(7,8)9)59-94(106)96(95)103)99-83(66-37-18-12-19-38-66)57-69(101(4,5)6)58-84(99)67-39-20-13-21-40-67/h10-63H,1-9H3/i26D,27D,29D,30D,45D,46D,50D,51D. The minimum Gasteiger partial charge on any atom is -0.310 e. The lowest BCUT2D eigenvalue weighted by Crippen LogP contribution is -2.61. The zero-order valence-corrected chi connectivity index (χ0v) is 61.4. The molecule has 0 N–H and O–H groups in total. The fraction of sp³-hybridized carbons (Fsp3) is 0.118. The number of benzene rings is 15. The van der Waals surface area contributed by atoms with E-state index in [1.165, 1.54) is 5.56 Å². The molecule has 15 aromatic carbocycles. The summed E-state index contributed by atoms with van der Waals surface area (Å²) in [6.45, 7) is 20.1. The van der Waals surface area contributed by atoms with Gasteiger partial charge in [-0.3, -0.25) is 0 Å². The van der Waals surface area contributed by atoms with E-state index in [0.29, 0.717) is 5.69 Å². The summed E-state index contributed by atoms with van der Waals surface area (Å²) in [5.74, 6) is 0. The van der Waals surface area contributed by atoms with Gasteiger partial charge in [0.1, 0.15) is 0 Å². The predicted octanol–water partition coefficient (Wildman–Crippen LogP) is 26.0. The molecular weight excluding hydrogens is 1290 g/mol. The van der Waals surface area contributed by atoms with Crippen molar-refractivity contribution in [1.82, 2.24) is 8.97 Å². The predicted molar refractivity (Wildman–Crippen MR) is 460 cm³/mol. The number of nitrogens with zero attached hydrogens (tertiary/aromatic N) is 4. The Hall–Kier alpha value is -12.4. The van der Waals surface area contributed by atoms with Crippen LogP contribution >= 0.6 is 0 Å². The summed E-state index contributed by atoms with van der Waals surface area (Å²) in [4.78, 5) is 5.14. The topological polar surface area (TPSA) is 15.8 Å². The number of hydrogen-bond acceptors (Lipinski definition) is 2. The van der Waals surface area contributed by atoms with Gasteiger partial charge in [0.15, 0.2) is 0 Å². The summed E-state index contributed by atoms with van der Waals surface area (Å²) in [5, 5.41) is 8.83. The SMILES string of the molecule is [2H]c1c([2H])c([2H])c2c(c1[2H])c1c([2H])c([2H])c([2H])c([2H])c1n2-c1ccc2c(c1)N(c1c(-c3ccccc3)cc(C(C)(C)C)cc1-c1ccccc1)c1cc(C(C)(C)C)cc3c1B2c1cc2c4ccccc4c4ccccc4c4cccc5c6ccccc6n(c2cc1N3c1c(-c2ccccc2)cc(C(C)(C)C)cc1-c1ccccc1)c45. The average Bonchev–Trinajstić information content (AvgIpc) is 1.66. The van der Waals surface area contributed by atoms with Gasteiger partial charge in [-0.1, -0.05) is 317 Å². The third kappa shape index (κ3) is 10.0. The van der Waals surface area contributed by atoms with Gasteiger partial charge in [0.2, 0.25) is 0 Å². The molecule has 0 atom stereocenters. The Morgan fingerprint density at radius 2 is 0.654 bits per heavy atom. The van der Waals surface area contributed by atoms with E-state index in [4.69, 9.17) is 0 Å². The first kappa shape index (κ1) is 56.0. The molecule has 0 bridgehead atoms. The zero-order valence-electron chi connectivity index (χ0n) is 69.4. The highest BCUT2D eigenvalue weighted by Crippen LogP contribution is 2.56. The van der Waals surface area contributed by atoms with Gasteiger partial charge in [-0.15, -0.1) is 0 Å². The summed E-state index contributed by atoms with van der Waals surface area (Å²) >= 11 is 0. The van der Waals surface area contributed by atoms with E-state index < -0.39 is 48.4 Å². The molecule has 5 heterocycles. The normalized spacial score (nSPS) is 14.1. The lowest BCUT2D eigenvalue weighted by molar-refractivity contribution is 0.590. The number of aromatic nitrogens is 2. The lowest BCUT2D eigenvalue weighted by Gasteiger charge is -2.47. The highest BCUT2D eigenvalue weighted by Gasteiger charge is 2.47. The smallest absolute Gasteiger partial charge is 0.252 e.